The largest absolute Gasteiger partial charge is 0.307 e. The van der Waals surface area contributed by atoms with Crippen LogP contribution < -0.4 is 5.32 Å². The van der Waals surface area contributed by atoms with E-state index in [1.54, 1.807) is 7.05 Å². The zero-order chi connectivity index (χ0) is 21.4. The highest BCUT2D eigenvalue weighted by Gasteiger charge is 2.48. The van der Waals surface area contributed by atoms with Crippen LogP contribution in [0.3, 0.4) is 0 Å². The summed E-state index contributed by atoms with van der Waals surface area (Å²) >= 11 is 6.13. The van der Waals surface area contributed by atoms with Crippen molar-refractivity contribution in [2.24, 2.45) is 0 Å². The maximum atomic E-state index is 12.2. The number of hydrogen-bond acceptors (Lipinski definition) is 4. The molecule has 0 amide bonds. The lowest BCUT2D eigenvalue weighted by Crippen LogP contribution is -2.49. The van der Waals surface area contributed by atoms with Crippen molar-refractivity contribution in [2.45, 2.75) is 57.0 Å². The molecule has 164 valence electrons. The van der Waals surface area contributed by atoms with Crippen LogP contribution in [0.5, 0.6) is 0 Å². The Balaban J connectivity index is 1.55. The van der Waals surface area contributed by atoms with E-state index in [2.05, 4.69) is 23.6 Å². The van der Waals surface area contributed by atoms with Gasteiger partial charge in [0.15, 0.2) is 0 Å². The van der Waals surface area contributed by atoms with E-state index in [1.807, 2.05) is 23.7 Å². The highest BCUT2D eigenvalue weighted by Crippen LogP contribution is 2.53. The van der Waals surface area contributed by atoms with Crippen LogP contribution in [0.4, 0.5) is 0 Å². The highest BCUT2D eigenvalue weighted by molar-refractivity contribution is 7.89. The van der Waals surface area contributed by atoms with Gasteiger partial charge in [-0.3, -0.25) is 4.68 Å². The molecule has 2 heterocycles. The molecule has 1 aromatic carbocycles. The number of nitrogens with zero attached hydrogens (tertiary/aromatic N) is 3. The van der Waals surface area contributed by atoms with Gasteiger partial charge in [0.1, 0.15) is 0 Å². The molecule has 1 fully saturated rings. The van der Waals surface area contributed by atoms with E-state index in [9.17, 15) is 8.42 Å². The second-order valence-corrected chi connectivity index (χ2v) is 11.2. The third-order valence-electron chi connectivity index (χ3n) is 6.68. The molecule has 0 radical (unpaired) electrons. The number of aromatic nitrogens is 2. The molecule has 0 saturated heterocycles. The Hall–Kier alpha value is -1.41. The quantitative estimate of drug-likeness (QED) is 0.668. The van der Waals surface area contributed by atoms with Crippen molar-refractivity contribution in [3.05, 3.63) is 52.3 Å². The zero-order valence-corrected chi connectivity index (χ0v) is 19.3. The van der Waals surface area contributed by atoms with Crippen molar-refractivity contribution in [3.63, 3.8) is 0 Å². The predicted molar refractivity (Wildman–Crippen MR) is 120 cm³/mol. The first-order valence-corrected chi connectivity index (χ1v) is 12.8. The maximum Gasteiger partial charge on any atom is 0.213 e. The summed E-state index contributed by atoms with van der Waals surface area (Å²) in [4.78, 5) is 0. The summed E-state index contributed by atoms with van der Waals surface area (Å²) in [5, 5.41) is 9.43. The molecule has 1 saturated carbocycles. The fraction of sp³-hybridized carbons (Fsp3) is 0.591. The van der Waals surface area contributed by atoms with Crippen LogP contribution in [0.2, 0.25) is 5.02 Å². The normalized spacial score (nSPS) is 20.7. The van der Waals surface area contributed by atoms with Crippen LogP contribution in [0.15, 0.2) is 30.5 Å². The molecular formula is C22H31ClN4O2S. The molecule has 1 atom stereocenters. The third kappa shape index (κ3) is 4.05. The molecule has 1 aliphatic carbocycles. The molecule has 2 aromatic rings. The SMILES string of the molecule is CCCS(=O)(=O)N(C)CCn1cc2c(n1)C(C1(c3ccc(Cl)cc3)CCC1)NCC2. The molecule has 1 aliphatic heterocycles. The Morgan fingerprint density at radius 3 is 2.67 bits per heavy atom. The van der Waals surface area contributed by atoms with Gasteiger partial charge in [0.2, 0.25) is 10.0 Å². The predicted octanol–water partition coefficient (Wildman–Crippen LogP) is 3.52. The van der Waals surface area contributed by atoms with Gasteiger partial charge in [-0.25, -0.2) is 12.7 Å². The minimum atomic E-state index is -3.18. The van der Waals surface area contributed by atoms with E-state index in [-0.39, 0.29) is 17.2 Å². The summed E-state index contributed by atoms with van der Waals surface area (Å²) < 4.78 is 27.8. The lowest BCUT2D eigenvalue weighted by Gasteiger charge is -2.49. The smallest absolute Gasteiger partial charge is 0.213 e. The van der Waals surface area contributed by atoms with E-state index >= 15 is 0 Å². The maximum absolute atomic E-state index is 12.2. The number of halogens is 1. The molecule has 0 spiro atoms. The topological polar surface area (TPSA) is 67.2 Å². The van der Waals surface area contributed by atoms with Crippen molar-refractivity contribution in [3.8, 4) is 0 Å². The molecule has 1 N–H and O–H groups in total. The molecule has 0 bridgehead atoms. The molecule has 2 aliphatic rings. The third-order valence-corrected chi connectivity index (χ3v) is 8.99. The van der Waals surface area contributed by atoms with Gasteiger partial charge < -0.3 is 5.32 Å². The summed E-state index contributed by atoms with van der Waals surface area (Å²) in [6, 6.07) is 8.45. The minimum Gasteiger partial charge on any atom is -0.307 e. The van der Waals surface area contributed by atoms with E-state index in [0.29, 0.717) is 19.5 Å². The molecule has 4 rings (SSSR count). The van der Waals surface area contributed by atoms with Crippen molar-refractivity contribution < 1.29 is 8.42 Å². The summed E-state index contributed by atoms with van der Waals surface area (Å²) in [5.41, 5.74) is 3.77. The molecule has 30 heavy (non-hydrogen) atoms. The van der Waals surface area contributed by atoms with Gasteiger partial charge >= 0.3 is 0 Å². The molecule has 1 unspecified atom stereocenters. The van der Waals surface area contributed by atoms with Gasteiger partial charge in [0.25, 0.3) is 0 Å². The number of hydrogen-bond donors (Lipinski definition) is 1. The van der Waals surface area contributed by atoms with Crippen molar-refractivity contribution in [1.29, 1.82) is 0 Å². The Morgan fingerprint density at radius 2 is 2.03 bits per heavy atom. The van der Waals surface area contributed by atoms with E-state index in [0.717, 1.165) is 36.5 Å². The lowest BCUT2D eigenvalue weighted by molar-refractivity contribution is 0.161. The van der Waals surface area contributed by atoms with Crippen molar-refractivity contribution >= 4 is 21.6 Å². The number of benzene rings is 1. The lowest BCUT2D eigenvalue weighted by atomic mass is 9.58. The summed E-state index contributed by atoms with van der Waals surface area (Å²) in [7, 11) is -1.53. The first-order chi connectivity index (χ1) is 14.4. The van der Waals surface area contributed by atoms with Crippen molar-refractivity contribution in [2.75, 3.05) is 25.9 Å². The first-order valence-electron chi connectivity index (χ1n) is 10.9. The molecule has 6 nitrogen and oxygen atoms in total. The van der Waals surface area contributed by atoms with E-state index < -0.39 is 10.0 Å². The Morgan fingerprint density at radius 1 is 1.30 bits per heavy atom. The van der Waals surface area contributed by atoms with Crippen LogP contribution in [0, 0.1) is 0 Å². The number of nitrogens with one attached hydrogen (secondary N) is 1. The van der Waals surface area contributed by atoms with Crippen LogP contribution >= 0.6 is 11.6 Å². The van der Waals surface area contributed by atoms with Gasteiger partial charge in [-0.1, -0.05) is 37.1 Å². The van der Waals surface area contributed by atoms with Crippen LogP contribution in [0.25, 0.3) is 0 Å². The number of rotatable bonds is 8. The zero-order valence-electron chi connectivity index (χ0n) is 17.8. The number of sulfonamides is 1. The summed E-state index contributed by atoms with van der Waals surface area (Å²) in [5.74, 6) is 0.189. The fourth-order valence-corrected chi connectivity index (χ4v) is 6.13. The molecule has 1 aromatic heterocycles. The summed E-state index contributed by atoms with van der Waals surface area (Å²) in [6.45, 7) is 3.82. The standard InChI is InChI=1S/C22H31ClN4O2S/c1-3-15-30(28,29)26(2)13-14-27-16-17-9-12-24-21(20(17)25-27)22(10-4-11-22)18-5-7-19(23)8-6-18/h5-8,16,21,24H,3-4,9-15H2,1-2H3. The average Bonchev–Trinajstić information content (AvgIpc) is 3.10. The van der Waals surface area contributed by atoms with Gasteiger partial charge in [-0.05, 0) is 55.5 Å². The van der Waals surface area contributed by atoms with Crippen LogP contribution in [0.1, 0.15) is 55.5 Å². The number of likely N-dealkylation sites (N-methyl/N-ethyl adjacent to an activating group) is 1. The molecule has 8 heteroatoms. The Bertz CT molecular complexity index is 983. The second-order valence-electron chi connectivity index (χ2n) is 8.59. The number of fused-ring (bicyclic) bond motifs is 1. The first kappa shape index (κ1) is 21.8. The monoisotopic (exact) mass is 450 g/mol. The van der Waals surface area contributed by atoms with Gasteiger partial charge in [0.05, 0.1) is 24.0 Å². The minimum absolute atomic E-state index is 0.0558. The molecular weight excluding hydrogens is 420 g/mol. The van der Waals surface area contributed by atoms with Crippen molar-refractivity contribution in [1.82, 2.24) is 19.4 Å². The van der Waals surface area contributed by atoms with Gasteiger partial charge in [-0.15, -0.1) is 0 Å². The van der Waals surface area contributed by atoms with Crippen LogP contribution in [-0.2, 0) is 28.4 Å². The van der Waals surface area contributed by atoms with E-state index in [1.165, 1.54) is 21.9 Å². The Kier molecular flexibility index (Phi) is 6.26. The Labute approximate surface area is 184 Å². The van der Waals surface area contributed by atoms with Gasteiger partial charge in [0, 0.05) is 30.2 Å². The fourth-order valence-electron chi connectivity index (χ4n) is 4.81. The van der Waals surface area contributed by atoms with E-state index in [4.69, 9.17) is 16.7 Å². The summed E-state index contributed by atoms with van der Waals surface area (Å²) in [6.07, 6.45) is 7.18. The second kappa shape index (κ2) is 8.61. The highest BCUT2D eigenvalue weighted by atomic mass is 35.5. The average molecular weight is 451 g/mol. The van der Waals surface area contributed by atoms with Crippen LogP contribution in [-0.4, -0.2) is 48.4 Å². The van der Waals surface area contributed by atoms with Gasteiger partial charge in [-0.2, -0.15) is 5.10 Å².